The van der Waals surface area contributed by atoms with Gasteiger partial charge in [0.15, 0.2) is 5.43 Å². The molecule has 6 heteroatoms. The molecule has 1 N–H and O–H groups in total. The number of nitrogens with zero attached hydrogens (tertiary/aromatic N) is 1. The zero-order valence-corrected chi connectivity index (χ0v) is 9.41. The quantitative estimate of drug-likeness (QED) is 0.881. The van der Waals surface area contributed by atoms with Crippen LogP contribution in [0, 0.1) is 11.6 Å². The number of pyridine rings is 1. The molecular formula is C12H9F2NO3. The van der Waals surface area contributed by atoms with Crippen molar-refractivity contribution in [2.45, 2.75) is 6.42 Å². The number of aryl methyl sites for hydroxylation is 1. The van der Waals surface area contributed by atoms with Gasteiger partial charge in [-0.15, -0.1) is 0 Å². The van der Waals surface area contributed by atoms with E-state index in [1.807, 2.05) is 0 Å². The van der Waals surface area contributed by atoms with E-state index in [1.54, 1.807) is 0 Å². The second-order valence-electron chi connectivity index (χ2n) is 3.88. The normalized spacial score (nSPS) is 10.8. The third-order valence-electron chi connectivity index (χ3n) is 2.72. The molecule has 18 heavy (non-hydrogen) atoms. The predicted molar refractivity (Wildman–Crippen MR) is 60.4 cm³/mol. The molecule has 2 aromatic rings. The number of rotatable bonds is 2. The lowest BCUT2D eigenvalue weighted by Crippen LogP contribution is -2.16. The molecule has 0 fully saturated rings. The smallest absolute Gasteiger partial charge is 0.309 e. The molecule has 1 aromatic carbocycles. The van der Waals surface area contributed by atoms with E-state index in [0.717, 1.165) is 18.2 Å². The van der Waals surface area contributed by atoms with Gasteiger partial charge in [-0.3, -0.25) is 9.59 Å². The Morgan fingerprint density at radius 3 is 2.56 bits per heavy atom. The first kappa shape index (κ1) is 12.2. The maximum absolute atomic E-state index is 13.7. The van der Waals surface area contributed by atoms with Crippen LogP contribution in [0.1, 0.15) is 5.69 Å². The van der Waals surface area contributed by atoms with Gasteiger partial charge in [0, 0.05) is 18.8 Å². The van der Waals surface area contributed by atoms with Crippen molar-refractivity contribution in [2.75, 3.05) is 0 Å². The van der Waals surface area contributed by atoms with Gasteiger partial charge in [0.05, 0.1) is 17.3 Å². The van der Waals surface area contributed by atoms with Gasteiger partial charge in [0.2, 0.25) is 0 Å². The van der Waals surface area contributed by atoms with E-state index < -0.39 is 29.5 Å². The number of hydrogen-bond donors (Lipinski definition) is 1. The second kappa shape index (κ2) is 4.21. The van der Waals surface area contributed by atoms with Crippen LogP contribution in [0.2, 0.25) is 0 Å². The predicted octanol–water partition coefficient (Wildman–Crippen LogP) is 1.44. The van der Waals surface area contributed by atoms with Gasteiger partial charge in [-0.05, 0) is 12.1 Å². The SMILES string of the molecule is Cn1c(CC(=O)O)cc(=O)c2c(F)ccc(F)c21. The number of halogens is 2. The topological polar surface area (TPSA) is 59.3 Å². The van der Waals surface area contributed by atoms with Gasteiger partial charge >= 0.3 is 5.97 Å². The molecule has 0 amide bonds. The summed E-state index contributed by atoms with van der Waals surface area (Å²) >= 11 is 0. The van der Waals surface area contributed by atoms with Gasteiger partial charge in [-0.1, -0.05) is 0 Å². The minimum Gasteiger partial charge on any atom is -0.481 e. The largest absolute Gasteiger partial charge is 0.481 e. The van der Waals surface area contributed by atoms with Crippen LogP contribution in [0.4, 0.5) is 8.78 Å². The fraction of sp³-hybridized carbons (Fsp3) is 0.167. The summed E-state index contributed by atoms with van der Waals surface area (Å²) in [6.07, 6.45) is -0.433. The third-order valence-corrected chi connectivity index (χ3v) is 2.72. The Labute approximate surface area is 100 Å². The van der Waals surface area contributed by atoms with E-state index in [1.165, 1.54) is 11.6 Å². The van der Waals surface area contributed by atoms with E-state index in [4.69, 9.17) is 5.11 Å². The first-order valence-electron chi connectivity index (χ1n) is 5.10. The van der Waals surface area contributed by atoms with E-state index in [9.17, 15) is 18.4 Å². The van der Waals surface area contributed by atoms with Crippen molar-refractivity contribution in [3.8, 4) is 0 Å². The van der Waals surface area contributed by atoms with E-state index in [0.29, 0.717) is 0 Å². The van der Waals surface area contributed by atoms with Crippen molar-refractivity contribution < 1.29 is 18.7 Å². The first-order valence-corrected chi connectivity index (χ1v) is 5.10. The molecule has 0 unspecified atom stereocenters. The zero-order chi connectivity index (χ0) is 13.4. The number of aromatic nitrogens is 1. The molecule has 0 saturated carbocycles. The average molecular weight is 253 g/mol. The molecule has 0 atom stereocenters. The average Bonchev–Trinajstić information content (AvgIpc) is 2.28. The summed E-state index contributed by atoms with van der Waals surface area (Å²) in [7, 11) is 1.39. The summed E-state index contributed by atoms with van der Waals surface area (Å²) in [5, 5.41) is 8.33. The van der Waals surface area contributed by atoms with Crippen molar-refractivity contribution in [3.05, 3.63) is 45.8 Å². The number of hydrogen-bond acceptors (Lipinski definition) is 2. The Kier molecular flexibility index (Phi) is 2.86. The van der Waals surface area contributed by atoms with E-state index >= 15 is 0 Å². The third kappa shape index (κ3) is 1.85. The van der Waals surface area contributed by atoms with Crippen molar-refractivity contribution in [1.82, 2.24) is 4.57 Å². The number of carbonyl (C=O) groups is 1. The van der Waals surface area contributed by atoms with Crippen LogP contribution in [0.15, 0.2) is 23.0 Å². The number of carboxylic acids is 1. The van der Waals surface area contributed by atoms with Crippen LogP contribution in [0.3, 0.4) is 0 Å². The summed E-state index contributed by atoms with van der Waals surface area (Å²) < 4.78 is 28.3. The second-order valence-corrected chi connectivity index (χ2v) is 3.88. The molecule has 94 valence electrons. The summed E-state index contributed by atoms with van der Waals surface area (Å²) in [5.41, 5.74) is -0.834. The Morgan fingerprint density at radius 2 is 1.94 bits per heavy atom. The van der Waals surface area contributed by atoms with Crippen molar-refractivity contribution in [2.24, 2.45) is 7.05 Å². The number of carboxylic acid groups (broad SMARTS) is 1. The standard InChI is InChI=1S/C12H9F2NO3/c1-15-6(5-10(17)18)4-9(16)11-7(13)2-3-8(14)12(11)15/h2-4H,5H2,1H3,(H,17,18). The molecular weight excluding hydrogens is 244 g/mol. The molecule has 0 aliphatic rings. The van der Waals surface area contributed by atoms with Crippen LogP contribution < -0.4 is 5.43 Å². The lowest BCUT2D eigenvalue weighted by molar-refractivity contribution is -0.136. The van der Waals surface area contributed by atoms with Crippen LogP contribution in [0.25, 0.3) is 10.9 Å². The Bertz CT molecular complexity index is 707. The molecule has 0 spiro atoms. The first-order chi connectivity index (χ1) is 8.41. The molecule has 0 radical (unpaired) electrons. The van der Waals surface area contributed by atoms with Crippen molar-refractivity contribution >= 4 is 16.9 Å². The molecule has 0 bridgehead atoms. The molecule has 0 saturated heterocycles. The highest BCUT2D eigenvalue weighted by Crippen LogP contribution is 2.19. The molecule has 4 nitrogen and oxygen atoms in total. The molecule has 1 aromatic heterocycles. The van der Waals surface area contributed by atoms with Crippen molar-refractivity contribution in [3.63, 3.8) is 0 Å². The Balaban J connectivity index is 2.90. The van der Waals surface area contributed by atoms with Gasteiger partial charge in [0.1, 0.15) is 11.6 Å². The highest BCUT2D eigenvalue weighted by molar-refractivity contribution is 5.81. The number of benzene rings is 1. The van der Waals surface area contributed by atoms with Crippen LogP contribution >= 0.6 is 0 Å². The highest BCUT2D eigenvalue weighted by atomic mass is 19.1. The van der Waals surface area contributed by atoms with Crippen LogP contribution in [-0.2, 0) is 18.3 Å². The molecule has 2 rings (SSSR count). The lowest BCUT2D eigenvalue weighted by atomic mass is 10.1. The summed E-state index contributed by atoms with van der Waals surface area (Å²) in [6.45, 7) is 0. The number of aliphatic carboxylic acids is 1. The summed E-state index contributed by atoms with van der Waals surface area (Å²) in [4.78, 5) is 22.3. The minimum absolute atomic E-state index is 0.115. The van der Waals surface area contributed by atoms with Crippen molar-refractivity contribution in [1.29, 1.82) is 0 Å². The maximum Gasteiger partial charge on any atom is 0.309 e. The highest BCUT2D eigenvalue weighted by Gasteiger charge is 2.15. The monoisotopic (exact) mass is 253 g/mol. The van der Waals surface area contributed by atoms with E-state index in [-0.39, 0.29) is 16.6 Å². The molecule has 0 aliphatic heterocycles. The lowest BCUT2D eigenvalue weighted by Gasteiger charge is -2.11. The van der Waals surface area contributed by atoms with Gasteiger partial charge in [-0.25, -0.2) is 8.78 Å². The Hall–Kier alpha value is -2.24. The van der Waals surface area contributed by atoms with Gasteiger partial charge in [0.25, 0.3) is 0 Å². The zero-order valence-electron chi connectivity index (χ0n) is 9.41. The van der Waals surface area contributed by atoms with E-state index in [2.05, 4.69) is 0 Å². The fourth-order valence-corrected chi connectivity index (χ4v) is 1.89. The van der Waals surface area contributed by atoms with Gasteiger partial charge in [-0.2, -0.15) is 0 Å². The molecule has 1 heterocycles. The fourth-order valence-electron chi connectivity index (χ4n) is 1.89. The van der Waals surface area contributed by atoms with Crippen LogP contribution in [-0.4, -0.2) is 15.6 Å². The van der Waals surface area contributed by atoms with Crippen LogP contribution in [0.5, 0.6) is 0 Å². The Morgan fingerprint density at radius 1 is 1.33 bits per heavy atom. The summed E-state index contributed by atoms with van der Waals surface area (Å²) in [6, 6.07) is 2.79. The summed E-state index contributed by atoms with van der Waals surface area (Å²) in [5.74, 6) is -2.74. The minimum atomic E-state index is -1.15. The number of fused-ring (bicyclic) bond motifs is 1. The van der Waals surface area contributed by atoms with Gasteiger partial charge < -0.3 is 9.67 Å². The maximum atomic E-state index is 13.7. The molecule has 0 aliphatic carbocycles.